The molecule has 0 bridgehead atoms. The van der Waals surface area contributed by atoms with E-state index in [1.807, 2.05) is 12.1 Å². The lowest BCUT2D eigenvalue weighted by atomic mass is 10.2. The van der Waals surface area contributed by atoms with Crippen LogP contribution in [0.4, 0.5) is 5.69 Å². The van der Waals surface area contributed by atoms with E-state index in [1.54, 1.807) is 55.7 Å². The summed E-state index contributed by atoms with van der Waals surface area (Å²) in [6.07, 6.45) is 3.41. The molecule has 0 atom stereocenters. The van der Waals surface area contributed by atoms with Crippen molar-refractivity contribution in [3.8, 4) is 5.75 Å². The Balaban J connectivity index is 1.48. The summed E-state index contributed by atoms with van der Waals surface area (Å²) in [6.45, 7) is 3.43. The van der Waals surface area contributed by atoms with Crippen LogP contribution in [-0.4, -0.2) is 49.9 Å². The Bertz CT molecular complexity index is 1230. The molecule has 0 aliphatic carbocycles. The van der Waals surface area contributed by atoms with Gasteiger partial charge in [0.05, 0.1) is 18.1 Å². The molecule has 2 heterocycles. The minimum atomic E-state index is -3.68. The lowest BCUT2D eigenvalue weighted by Gasteiger charge is -2.26. The topological polar surface area (TPSA) is 97.8 Å². The van der Waals surface area contributed by atoms with Gasteiger partial charge in [-0.05, 0) is 48.9 Å². The van der Waals surface area contributed by atoms with Crippen molar-refractivity contribution in [1.29, 1.82) is 0 Å². The van der Waals surface area contributed by atoms with Gasteiger partial charge in [0, 0.05) is 42.3 Å². The number of pyridine rings is 1. The molecule has 33 heavy (non-hydrogen) atoms. The maximum atomic E-state index is 13.1. The van der Waals surface area contributed by atoms with E-state index in [0.717, 1.165) is 5.56 Å². The second kappa shape index (κ2) is 10.1. The number of aryl methyl sites for hydroxylation is 1. The van der Waals surface area contributed by atoms with Crippen molar-refractivity contribution in [3.63, 3.8) is 0 Å². The SMILES string of the molecule is Cc1ccc(NC(=O)c2cccc(OCc3cccnc3)c2)cc1S(=O)(=O)N1CCOCC1. The van der Waals surface area contributed by atoms with Crippen molar-refractivity contribution < 1.29 is 22.7 Å². The summed E-state index contributed by atoms with van der Waals surface area (Å²) in [4.78, 5) is 17.1. The standard InChI is InChI=1S/C24H25N3O5S/c1-18-7-8-21(15-23(18)33(29,30)27-10-12-31-13-11-27)26-24(28)20-5-2-6-22(14-20)32-17-19-4-3-9-25-16-19/h2-9,14-16H,10-13,17H2,1H3,(H,26,28). The van der Waals surface area contributed by atoms with E-state index in [-0.39, 0.29) is 10.8 Å². The Morgan fingerprint density at radius 3 is 2.70 bits per heavy atom. The Labute approximate surface area is 193 Å². The van der Waals surface area contributed by atoms with E-state index in [9.17, 15) is 13.2 Å². The van der Waals surface area contributed by atoms with E-state index in [4.69, 9.17) is 9.47 Å². The number of rotatable bonds is 7. The van der Waals surface area contributed by atoms with Gasteiger partial charge in [0.15, 0.2) is 0 Å². The first kappa shape index (κ1) is 22.9. The number of carbonyl (C=O) groups excluding carboxylic acids is 1. The first-order chi connectivity index (χ1) is 15.9. The van der Waals surface area contributed by atoms with Gasteiger partial charge in [-0.25, -0.2) is 8.42 Å². The molecule has 1 fully saturated rings. The van der Waals surface area contributed by atoms with Crippen LogP contribution in [0.3, 0.4) is 0 Å². The monoisotopic (exact) mass is 467 g/mol. The van der Waals surface area contributed by atoms with Crippen LogP contribution in [0.15, 0.2) is 71.9 Å². The zero-order chi connectivity index (χ0) is 23.3. The molecule has 9 heteroatoms. The molecular weight excluding hydrogens is 442 g/mol. The number of carbonyl (C=O) groups is 1. The molecule has 1 N–H and O–H groups in total. The van der Waals surface area contributed by atoms with Gasteiger partial charge < -0.3 is 14.8 Å². The zero-order valence-corrected chi connectivity index (χ0v) is 19.0. The number of sulfonamides is 1. The Kier molecular flexibility index (Phi) is 7.02. The van der Waals surface area contributed by atoms with Crippen molar-refractivity contribution in [2.75, 3.05) is 31.6 Å². The lowest BCUT2D eigenvalue weighted by molar-refractivity contribution is 0.0730. The van der Waals surface area contributed by atoms with E-state index in [2.05, 4.69) is 10.3 Å². The first-order valence-electron chi connectivity index (χ1n) is 10.6. The first-order valence-corrected chi connectivity index (χ1v) is 12.0. The molecular formula is C24H25N3O5S. The Morgan fingerprint density at radius 1 is 1.12 bits per heavy atom. The molecule has 0 spiro atoms. The Hall–Kier alpha value is -3.27. The van der Waals surface area contributed by atoms with Crippen LogP contribution in [0.25, 0.3) is 0 Å². The molecule has 1 aromatic heterocycles. The van der Waals surface area contributed by atoms with E-state index in [0.29, 0.717) is 55.5 Å². The quantitative estimate of drug-likeness (QED) is 0.573. The maximum Gasteiger partial charge on any atom is 0.255 e. The molecule has 1 amide bonds. The number of nitrogens with zero attached hydrogens (tertiary/aromatic N) is 2. The fraction of sp³-hybridized carbons (Fsp3) is 0.250. The van der Waals surface area contributed by atoms with Crippen LogP contribution in [-0.2, 0) is 21.4 Å². The number of aromatic nitrogens is 1. The predicted molar refractivity (Wildman–Crippen MR) is 124 cm³/mol. The van der Waals surface area contributed by atoms with E-state index >= 15 is 0 Å². The van der Waals surface area contributed by atoms with Crippen LogP contribution in [0.2, 0.25) is 0 Å². The van der Waals surface area contributed by atoms with Gasteiger partial charge in [0.1, 0.15) is 12.4 Å². The molecule has 0 unspecified atom stereocenters. The predicted octanol–water partition coefficient (Wildman–Crippen LogP) is 3.24. The molecule has 0 saturated carbocycles. The summed E-state index contributed by atoms with van der Waals surface area (Å²) in [6, 6.07) is 15.4. The summed E-state index contributed by atoms with van der Waals surface area (Å²) in [5.74, 6) is 0.186. The highest BCUT2D eigenvalue weighted by molar-refractivity contribution is 7.89. The Morgan fingerprint density at radius 2 is 1.94 bits per heavy atom. The smallest absolute Gasteiger partial charge is 0.255 e. The van der Waals surface area contributed by atoms with Crippen molar-refractivity contribution in [3.05, 3.63) is 83.7 Å². The fourth-order valence-corrected chi connectivity index (χ4v) is 5.12. The number of benzene rings is 2. The van der Waals surface area contributed by atoms with Crippen molar-refractivity contribution in [2.45, 2.75) is 18.4 Å². The molecule has 2 aromatic carbocycles. The molecule has 1 aliphatic heterocycles. The van der Waals surface area contributed by atoms with Crippen LogP contribution in [0.1, 0.15) is 21.5 Å². The number of amides is 1. The number of anilines is 1. The van der Waals surface area contributed by atoms with Crippen LogP contribution in [0, 0.1) is 6.92 Å². The summed E-state index contributed by atoms with van der Waals surface area (Å²) in [7, 11) is -3.68. The molecule has 0 radical (unpaired) electrons. The average Bonchev–Trinajstić information content (AvgIpc) is 2.85. The van der Waals surface area contributed by atoms with Gasteiger partial charge in [-0.1, -0.05) is 18.2 Å². The van der Waals surface area contributed by atoms with Crippen LogP contribution < -0.4 is 10.1 Å². The zero-order valence-electron chi connectivity index (χ0n) is 18.2. The van der Waals surface area contributed by atoms with Crippen LogP contribution >= 0.6 is 0 Å². The lowest BCUT2D eigenvalue weighted by Crippen LogP contribution is -2.40. The third kappa shape index (κ3) is 5.57. The van der Waals surface area contributed by atoms with Gasteiger partial charge >= 0.3 is 0 Å². The normalized spacial score (nSPS) is 14.6. The van der Waals surface area contributed by atoms with Crippen LogP contribution in [0.5, 0.6) is 5.75 Å². The third-order valence-corrected chi connectivity index (χ3v) is 7.30. The van der Waals surface area contributed by atoms with Gasteiger partial charge in [0.25, 0.3) is 5.91 Å². The highest BCUT2D eigenvalue weighted by Gasteiger charge is 2.28. The minimum Gasteiger partial charge on any atom is -0.489 e. The van der Waals surface area contributed by atoms with Gasteiger partial charge in [-0.15, -0.1) is 0 Å². The van der Waals surface area contributed by atoms with E-state index in [1.165, 1.54) is 10.4 Å². The average molecular weight is 468 g/mol. The van der Waals surface area contributed by atoms with Gasteiger partial charge in [-0.3, -0.25) is 9.78 Å². The maximum absolute atomic E-state index is 13.1. The number of ether oxygens (including phenoxy) is 2. The van der Waals surface area contributed by atoms with Gasteiger partial charge in [-0.2, -0.15) is 4.31 Å². The molecule has 3 aromatic rings. The molecule has 4 rings (SSSR count). The molecule has 1 aliphatic rings. The number of hydrogen-bond donors (Lipinski definition) is 1. The fourth-order valence-electron chi connectivity index (χ4n) is 3.46. The van der Waals surface area contributed by atoms with Crippen molar-refractivity contribution in [2.24, 2.45) is 0 Å². The molecule has 172 valence electrons. The summed E-state index contributed by atoms with van der Waals surface area (Å²) in [5.41, 5.74) is 2.34. The minimum absolute atomic E-state index is 0.177. The summed E-state index contributed by atoms with van der Waals surface area (Å²) in [5, 5.41) is 2.79. The third-order valence-electron chi connectivity index (χ3n) is 5.26. The summed E-state index contributed by atoms with van der Waals surface area (Å²) < 4.78 is 38.6. The number of morpholine rings is 1. The van der Waals surface area contributed by atoms with Crippen molar-refractivity contribution in [1.82, 2.24) is 9.29 Å². The van der Waals surface area contributed by atoms with Crippen molar-refractivity contribution >= 4 is 21.6 Å². The number of hydrogen-bond acceptors (Lipinski definition) is 6. The largest absolute Gasteiger partial charge is 0.489 e. The second-order valence-corrected chi connectivity index (χ2v) is 9.53. The van der Waals surface area contributed by atoms with Gasteiger partial charge in [0.2, 0.25) is 10.0 Å². The molecule has 8 nitrogen and oxygen atoms in total. The molecule has 1 saturated heterocycles. The summed E-state index contributed by atoms with van der Waals surface area (Å²) >= 11 is 0. The second-order valence-electron chi connectivity index (χ2n) is 7.63. The highest BCUT2D eigenvalue weighted by Crippen LogP contribution is 2.25. The highest BCUT2D eigenvalue weighted by atomic mass is 32.2. The number of nitrogens with one attached hydrogen (secondary N) is 1. The van der Waals surface area contributed by atoms with E-state index < -0.39 is 10.0 Å².